The molecule has 0 aliphatic heterocycles. The molecular formula is C15H15F3O3. The minimum Gasteiger partial charge on any atom is -0.460 e. The Hall–Kier alpha value is -1.82. The first-order valence-electron chi connectivity index (χ1n) is 6.60. The molecule has 0 saturated carbocycles. The Morgan fingerprint density at radius 1 is 1.29 bits per heavy atom. The van der Waals surface area contributed by atoms with Crippen molar-refractivity contribution in [2.45, 2.75) is 25.9 Å². The number of ether oxygens (including phenoxy) is 1. The zero-order valence-corrected chi connectivity index (χ0v) is 11.5. The van der Waals surface area contributed by atoms with E-state index in [-0.39, 0.29) is 18.8 Å². The molecule has 1 heterocycles. The van der Waals surface area contributed by atoms with Crippen molar-refractivity contribution in [2.24, 2.45) is 0 Å². The SMILES string of the molecule is CCc1oc2ccccc2c1C(=O)CCOCC(F)(F)F. The lowest BCUT2D eigenvalue weighted by atomic mass is 10.0. The summed E-state index contributed by atoms with van der Waals surface area (Å²) >= 11 is 0. The smallest absolute Gasteiger partial charge is 0.411 e. The van der Waals surface area contributed by atoms with Gasteiger partial charge in [0.25, 0.3) is 0 Å². The Morgan fingerprint density at radius 2 is 2.00 bits per heavy atom. The molecule has 3 nitrogen and oxygen atoms in total. The number of benzene rings is 1. The van der Waals surface area contributed by atoms with Gasteiger partial charge in [0.1, 0.15) is 18.0 Å². The van der Waals surface area contributed by atoms with Crippen molar-refractivity contribution >= 4 is 16.8 Å². The summed E-state index contributed by atoms with van der Waals surface area (Å²) in [7, 11) is 0. The Morgan fingerprint density at radius 3 is 2.67 bits per heavy atom. The maximum absolute atomic E-state index is 12.2. The minimum absolute atomic E-state index is 0.105. The molecule has 114 valence electrons. The standard InChI is InChI=1S/C15H15F3O3/c1-2-12-14(10-5-3-4-6-13(10)21-12)11(19)7-8-20-9-15(16,17)18/h3-6H,2,7-9H2,1H3. The molecule has 21 heavy (non-hydrogen) atoms. The second-order valence-corrected chi connectivity index (χ2v) is 4.59. The molecule has 0 N–H and O–H groups in total. The predicted molar refractivity (Wildman–Crippen MR) is 71.4 cm³/mol. The van der Waals surface area contributed by atoms with Gasteiger partial charge in [-0.3, -0.25) is 4.79 Å². The second kappa shape index (κ2) is 6.30. The van der Waals surface area contributed by atoms with Gasteiger partial charge in [-0.1, -0.05) is 25.1 Å². The highest BCUT2D eigenvalue weighted by molar-refractivity contribution is 6.08. The molecule has 0 aliphatic rings. The van der Waals surface area contributed by atoms with Gasteiger partial charge in [-0.15, -0.1) is 0 Å². The summed E-state index contributed by atoms with van der Waals surface area (Å²) in [5.74, 6) is 0.288. The Bertz CT molecular complexity index is 629. The third-order valence-corrected chi connectivity index (χ3v) is 3.01. The molecule has 6 heteroatoms. The zero-order chi connectivity index (χ0) is 15.5. The number of halogens is 3. The van der Waals surface area contributed by atoms with Crippen LogP contribution in [0.15, 0.2) is 28.7 Å². The maximum atomic E-state index is 12.2. The third-order valence-electron chi connectivity index (χ3n) is 3.01. The van der Waals surface area contributed by atoms with E-state index in [1.54, 1.807) is 24.3 Å². The van der Waals surface area contributed by atoms with Gasteiger partial charge in [0.15, 0.2) is 5.78 Å². The second-order valence-electron chi connectivity index (χ2n) is 4.59. The van der Waals surface area contributed by atoms with Crippen molar-refractivity contribution < 1.29 is 27.1 Å². The van der Waals surface area contributed by atoms with Crippen molar-refractivity contribution in [1.29, 1.82) is 0 Å². The van der Waals surface area contributed by atoms with Crippen LogP contribution in [-0.4, -0.2) is 25.2 Å². The van der Waals surface area contributed by atoms with E-state index in [1.807, 2.05) is 6.92 Å². The first kappa shape index (κ1) is 15.6. The van der Waals surface area contributed by atoms with E-state index >= 15 is 0 Å². The topological polar surface area (TPSA) is 39.4 Å². The number of furan rings is 1. The Kier molecular flexibility index (Phi) is 4.67. The van der Waals surface area contributed by atoms with Gasteiger partial charge in [0, 0.05) is 18.2 Å². The predicted octanol–water partition coefficient (Wildman–Crippen LogP) is 4.15. The van der Waals surface area contributed by atoms with Crippen LogP contribution < -0.4 is 0 Å². The molecule has 0 spiro atoms. The van der Waals surface area contributed by atoms with Crippen molar-refractivity contribution in [3.05, 3.63) is 35.6 Å². The van der Waals surface area contributed by atoms with Crippen molar-refractivity contribution in [2.75, 3.05) is 13.2 Å². The van der Waals surface area contributed by atoms with Crippen molar-refractivity contribution in [1.82, 2.24) is 0 Å². The molecule has 2 aromatic rings. The quantitative estimate of drug-likeness (QED) is 0.594. The van der Waals surface area contributed by atoms with E-state index in [9.17, 15) is 18.0 Å². The lowest BCUT2D eigenvalue weighted by Crippen LogP contribution is -2.18. The van der Waals surface area contributed by atoms with E-state index in [4.69, 9.17) is 4.42 Å². The van der Waals surface area contributed by atoms with Crippen LogP contribution in [0.4, 0.5) is 13.2 Å². The number of carbonyl (C=O) groups is 1. The molecule has 0 aliphatic carbocycles. The number of rotatable bonds is 6. The van der Waals surface area contributed by atoms with Crippen LogP contribution in [0.25, 0.3) is 11.0 Å². The fourth-order valence-corrected chi connectivity index (χ4v) is 2.13. The number of para-hydroxylation sites is 1. The molecule has 1 aromatic heterocycles. The van der Waals surface area contributed by atoms with Crippen LogP contribution in [0.5, 0.6) is 0 Å². The highest BCUT2D eigenvalue weighted by atomic mass is 19.4. The van der Waals surface area contributed by atoms with E-state index in [1.165, 1.54) is 0 Å². The van der Waals surface area contributed by atoms with Gasteiger partial charge >= 0.3 is 6.18 Å². The first-order chi connectivity index (χ1) is 9.92. The maximum Gasteiger partial charge on any atom is 0.411 e. The highest BCUT2D eigenvalue weighted by Crippen LogP contribution is 2.27. The molecule has 0 radical (unpaired) electrons. The monoisotopic (exact) mass is 300 g/mol. The number of hydrogen-bond donors (Lipinski definition) is 0. The molecular weight excluding hydrogens is 285 g/mol. The van der Waals surface area contributed by atoms with E-state index in [0.29, 0.717) is 28.7 Å². The summed E-state index contributed by atoms with van der Waals surface area (Å²) in [6, 6.07) is 7.10. The third kappa shape index (κ3) is 3.85. The highest BCUT2D eigenvalue weighted by Gasteiger charge is 2.27. The van der Waals surface area contributed by atoms with Gasteiger partial charge in [-0.05, 0) is 6.07 Å². The van der Waals surface area contributed by atoms with Crippen LogP contribution >= 0.6 is 0 Å². The minimum atomic E-state index is -4.38. The van der Waals surface area contributed by atoms with Crippen molar-refractivity contribution in [3.63, 3.8) is 0 Å². The number of fused-ring (bicyclic) bond motifs is 1. The Balaban J connectivity index is 2.08. The lowest BCUT2D eigenvalue weighted by molar-refractivity contribution is -0.173. The van der Waals surface area contributed by atoms with Gasteiger partial charge in [0.2, 0.25) is 0 Å². The molecule has 0 fully saturated rings. The molecule has 0 atom stereocenters. The van der Waals surface area contributed by atoms with Gasteiger partial charge < -0.3 is 9.15 Å². The van der Waals surface area contributed by atoms with Crippen LogP contribution in [0.1, 0.15) is 29.5 Å². The van der Waals surface area contributed by atoms with Gasteiger partial charge in [0.05, 0.1) is 12.2 Å². The summed E-state index contributed by atoms with van der Waals surface area (Å²) in [6.45, 7) is 0.253. The first-order valence-corrected chi connectivity index (χ1v) is 6.60. The van der Waals surface area contributed by atoms with E-state index in [2.05, 4.69) is 4.74 Å². The zero-order valence-electron chi connectivity index (χ0n) is 11.5. The van der Waals surface area contributed by atoms with E-state index < -0.39 is 12.8 Å². The Labute approximate surface area is 119 Å². The largest absolute Gasteiger partial charge is 0.460 e. The average Bonchev–Trinajstić information content (AvgIpc) is 2.80. The molecule has 0 amide bonds. The number of Topliss-reactive ketones (excluding diaryl/α,β-unsaturated/α-hetero) is 1. The number of hydrogen-bond acceptors (Lipinski definition) is 3. The van der Waals surface area contributed by atoms with Crippen LogP contribution in [0, 0.1) is 0 Å². The summed E-state index contributed by atoms with van der Waals surface area (Å²) in [5, 5.41) is 0.690. The van der Waals surface area contributed by atoms with Crippen LogP contribution in [0.2, 0.25) is 0 Å². The number of aryl methyl sites for hydroxylation is 1. The molecule has 0 saturated heterocycles. The van der Waals surface area contributed by atoms with Crippen molar-refractivity contribution in [3.8, 4) is 0 Å². The molecule has 0 bridgehead atoms. The fraction of sp³-hybridized carbons (Fsp3) is 0.400. The van der Waals surface area contributed by atoms with E-state index in [0.717, 1.165) is 0 Å². The van der Waals surface area contributed by atoms with Crippen LogP contribution in [0.3, 0.4) is 0 Å². The number of carbonyl (C=O) groups excluding carboxylic acids is 1. The average molecular weight is 300 g/mol. The molecule has 2 rings (SSSR count). The number of ketones is 1. The van der Waals surface area contributed by atoms with Crippen LogP contribution in [-0.2, 0) is 11.2 Å². The number of alkyl halides is 3. The lowest BCUT2D eigenvalue weighted by Gasteiger charge is -2.07. The van der Waals surface area contributed by atoms with Gasteiger partial charge in [-0.2, -0.15) is 13.2 Å². The summed E-state index contributed by atoms with van der Waals surface area (Å²) in [4.78, 5) is 12.2. The normalized spacial score (nSPS) is 12.0. The molecule has 1 aromatic carbocycles. The molecule has 0 unspecified atom stereocenters. The fourth-order valence-electron chi connectivity index (χ4n) is 2.13. The summed E-state index contributed by atoms with van der Waals surface area (Å²) in [6.07, 6.45) is -3.94. The summed E-state index contributed by atoms with van der Waals surface area (Å²) < 4.78 is 45.9. The summed E-state index contributed by atoms with van der Waals surface area (Å²) in [5.41, 5.74) is 1.05. The van der Waals surface area contributed by atoms with Gasteiger partial charge in [-0.25, -0.2) is 0 Å².